The summed E-state index contributed by atoms with van der Waals surface area (Å²) in [6, 6.07) is 9.09. The lowest BCUT2D eigenvalue weighted by Crippen LogP contribution is -2.40. The molecule has 0 spiro atoms. The lowest BCUT2D eigenvalue weighted by molar-refractivity contribution is -0.146. The lowest BCUT2D eigenvalue weighted by Gasteiger charge is -2.31. The maximum atomic E-state index is 11.8. The molecule has 2 N–H and O–H groups in total. The van der Waals surface area contributed by atoms with Gasteiger partial charge in [-0.2, -0.15) is 0 Å². The number of hydrogen-bond donors (Lipinski definition) is 2. The second-order valence-electron chi connectivity index (χ2n) is 5.35. The van der Waals surface area contributed by atoms with Crippen molar-refractivity contribution in [3.63, 3.8) is 0 Å². The Morgan fingerprint density at radius 3 is 2.35 bits per heavy atom. The third-order valence-corrected chi connectivity index (χ3v) is 3.55. The highest BCUT2D eigenvalue weighted by atomic mass is 16.5. The highest BCUT2D eigenvalue weighted by Crippen LogP contribution is 2.33. The van der Waals surface area contributed by atoms with Gasteiger partial charge in [0.25, 0.3) is 0 Å². The van der Waals surface area contributed by atoms with Crippen LogP contribution < -0.4 is 0 Å². The topological polar surface area (TPSA) is 66.8 Å². The zero-order valence-corrected chi connectivity index (χ0v) is 12.4. The van der Waals surface area contributed by atoms with Crippen LogP contribution in [0.2, 0.25) is 0 Å². The van der Waals surface area contributed by atoms with Gasteiger partial charge in [-0.05, 0) is 32.3 Å². The van der Waals surface area contributed by atoms with Crippen LogP contribution in [0.3, 0.4) is 0 Å². The number of carbonyl (C=O) groups is 1. The summed E-state index contributed by atoms with van der Waals surface area (Å²) in [5.74, 6) is -0.908. The number of rotatable bonds is 8. The molecule has 112 valence electrons. The molecule has 1 aromatic rings. The van der Waals surface area contributed by atoms with Crippen LogP contribution in [0.1, 0.15) is 39.2 Å². The Hall–Kier alpha value is -1.39. The molecule has 0 fully saturated rings. The van der Waals surface area contributed by atoms with Gasteiger partial charge < -0.3 is 14.9 Å². The number of benzene rings is 1. The van der Waals surface area contributed by atoms with E-state index in [0.717, 1.165) is 5.56 Å². The number of aliphatic hydroxyl groups excluding tert-OH is 1. The van der Waals surface area contributed by atoms with Gasteiger partial charge in [0.15, 0.2) is 0 Å². The minimum absolute atomic E-state index is 0.0160. The van der Waals surface area contributed by atoms with Crippen molar-refractivity contribution in [3.8, 4) is 0 Å². The molecule has 2 unspecified atom stereocenters. The van der Waals surface area contributed by atoms with Crippen LogP contribution in [0, 0.1) is 0 Å². The van der Waals surface area contributed by atoms with E-state index in [-0.39, 0.29) is 19.1 Å². The van der Waals surface area contributed by atoms with Gasteiger partial charge in [0.05, 0.1) is 24.2 Å². The molecule has 0 saturated heterocycles. The van der Waals surface area contributed by atoms with Crippen molar-refractivity contribution in [1.29, 1.82) is 0 Å². The molecule has 0 aromatic heterocycles. The molecule has 0 amide bonds. The van der Waals surface area contributed by atoms with E-state index in [1.807, 2.05) is 39.0 Å². The van der Waals surface area contributed by atoms with Crippen LogP contribution in [0.25, 0.3) is 0 Å². The Labute approximate surface area is 120 Å². The highest BCUT2D eigenvalue weighted by Gasteiger charge is 2.40. The van der Waals surface area contributed by atoms with E-state index >= 15 is 0 Å². The summed E-state index contributed by atoms with van der Waals surface area (Å²) in [7, 11) is 0. The van der Waals surface area contributed by atoms with E-state index < -0.39 is 17.5 Å². The van der Waals surface area contributed by atoms with E-state index in [1.54, 1.807) is 12.1 Å². The van der Waals surface area contributed by atoms with Gasteiger partial charge >= 0.3 is 5.97 Å². The van der Waals surface area contributed by atoms with Gasteiger partial charge in [-0.15, -0.1) is 0 Å². The molecular formula is C16H24O4. The largest absolute Gasteiger partial charge is 0.481 e. The van der Waals surface area contributed by atoms with Crippen molar-refractivity contribution in [2.24, 2.45) is 0 Å². The Morgan fingerprint density at radius 1 is 1.30 bits per heavy atom. The Balaban J connectivity index is 2.93. The third-order valence-electron chi connectivity index (χ3n) is 3.55. The predicted molar refractivity (Wildman–Crippen MR) is 77.8 cm³/mol. The first-order valence-corrected chi connectivity index (χ1v) is 7.01. The van der Waals surface area contributed by atoms with Crippen LogP contribution in [0.15, 0.2) is 30.3 Å². The fourth-order valence-electron chi connectivity index (χ4n) is 2.35. The molecule has 0 radical (unpaired) electrons. The Kier molecular flexibility index (Phi) is 6.17. The van der Waals surface area contributed by atoms with Gasteiger partial charge in [-0.1, -0.05) is 37.3 Å². The molecule has 1 rings (SSSR count). The van der Waals surface area contributed by atoms with Crippen LogP contribution in [-0.4, -0.2) is 35.0 Å². The Bertz CT molecular complexity index is 416. The zero-order chi connectivity index (χ0) is 15.2. The minimum atomic E-state index is -1.07. The van der Waals surface area contributed by atoms with Crippen LogP contribution in [0.4, 0.5) is 0 Å². The average Bonchev–Trinajstić information content (AvgIpc) is 2.43. The highest BCUT2D eigenvalue weighted by molar-refractivity contribution is 5.81. The fourth-order valence-corrected chi connectivity index (χ4v) is 2.35. The Morgan fingerprint density at radius 2 is 1.90 bits per heavy atom. The summed E-state index contributed by atoms with van der Waals surface area (Å²) in [4.78, 5) is 11.8. The van der Waals surface area contributed by atoms with E-state index in [2.05, 4.69) is 0 Å². The summed E-state index contributed by atoms with van der Waals surface area (Å²) in [5, 5.41) is 19.7. The van der Waals surface area contributed by atoms with Crippen LogP contribution >= 0.6 is 0 Å². The number of aliphatic carboxylic acids is 1. The summed E-state index contributed by atoms with van der Waals surface area (Å²) < 4.78 is 5.37. The average molecular weight is 280 g/mol. The lowest BCUT2D eigenvalue weighted by atomic mass is 9.74. The molecule has 0 aliphatic heterocycles. The van der Waals surface area contributed by atoms with Crippen LogP contribution in [0.5, 0.6) is 0 Å². The van der Waals surface area contributed by atoms with Crippen LogP contribution in [-0.2, 0) is 14.9 Å². The maximum Gasteiger partial charge on any atom is 0.314 e. The van der Waals surface area contributed by atoms with Crippen molar-refractivity contribution in [3.05, 3.63) is 35.9 Å². The van der Waals surface area contributed by atoms with Gasteiger partial charge in [0.2, 0.25) is 0 Å². The van der Waals surface area contributed by atoms with E-state index in [0.29, 0.717) is 6.42 Å². The molecular weight excluding hydrogens is 256 g/mol. The van der Waals surface area contributed by atoms with Gasteiger partial charge in [-0.25, -0.2) is 0 Å². The standard InChI is InChI=1S/C16H24O4/c1-4-16(15(18)19,13-8-6-5-7-9-13)10-14(17)11-20-12(2)3/h5-9,12,14,17H,4,10-11H2,1-3H3,(H,18,19). The first-order valence-electron chi connectivity index (χ1n) is 7.01. The van der Waals surface area contributed by atoms with Gasteiger partial charge in [0.1, 0.15) is 0 Å². The molecule has 4 nitrogen and oxygen atoms in total. The van der Waals surface area contributed by atoms with Crippen molar-refractivity contribution in [2.45, 2.75) is 51.2 Å². The number of aliphatic hydroxyl groups is 1. The molecule has 0 bridgehead atoms. The van der Waals surface area contributed by atoms with E-state index in [1.165, 1.54) is 0 Å². The molecule has 0 aliphatic carbocycles. The third kappa shape index (κ3) is 4.05. The zero-order valence-electron chi connectivity index (χ0n) is 12.4. The second-order valence-corrected chi connectivity index (χ2v) is 5.35. The summed E-state index contributed by atoms with van der Waals surface area (Å²) in [6.07, 6.45) is -0.211. The van der Waals surface area contributed by atoms with E-state index in [4.69, 9.17) is 4.74 Å². The molecule has 4 heteroatoms. The van der Waals surface area contributed by atoms with Crippen molar-refractivity contribution in [1.82, 2.24) is 0 Å². The molecule has 2 atom stereocenters. The normalized spacial score (nSPS) is 15.8. The monoisotopic (exact) mass is 280 g/mol. The number of carboxylic acids is 1. The quantitative estimate of drug-likeness (QED) is 0.768. The molecule has 0 aliphatic rings. The van der Waals surface area contributed by atoms with Crippen molar-refractivity contribution < 1.29 is 19.7 Å². The van der Waals surface area contributed by atoms with Crippen molar-refractivity contribution >= 4 is 5.97 Å². The molecule has 1 aromatic carbocycles. The second kappa shape index (κ2) is 7.41. The smallest absolute Gasteiger partial charge is 0.314 e. The fraction of sp³-hybridized carbons (Fsp3) is 0.562. The number of hydrogen-bond acceptors (Lipinski definition) is 3. The summed E-state index contributed by atoms with van der Waals surface area (Å²) >= 11 is 0. The van der Waals surface area contributed by atoms with Gasteiger partial charge in [-0.3, -0.25) is 4.79 Å². The molecule has 0 heterocycles. The number of ether oxygens (including phenoxy) is 1. The van der Waals surface area contributed by atoms with Gasteiger partial charge in [0, 0.05) is 0 Å². The van der Waals surface area contributed by atoms with Crippen molar-refractivity contribution in [2.75, 3.05) is 6.61 Å². The summed E-state index contributed by atoms with van der Waals surface area (Å²) in [6.45, 7) is 5.75. The summed E-state index contributed by atoms with van der Waals surface area (Å²) in [5.41, 5.74) is -0.348. The molecule has 0 saturated carbocycles. The first-order chi connectivity index (χ1) is 9.42. The predicted octanol–water partition coefficient (Wildman–Crippen LogP) is 2.60. The SMILES string of the molecule is CCC(CC(O)COC(C)C)(C(=O)O)c1ccccc1. The van der Waals surface area contributed by atoms with E-state index in [9.17, 15) is 15.0 Å². The maximum absolute atomic E-state index is 11.8. The molecule has 20 heavy (non-hydrogen) atoms. The minimum Gasteiger partial charge on any atom is -0.481 e. The first kappa shape index (κ1) is 16.7. The number of carboxylic acid groups (broad SMARTS) is 1.